The molecule has 1 aliphatic carbocycles. The summed E-state index contributed by atoms with van der Waals surface area (Å²) in [5.74, 6) is 1.51. The fourth-order valence-electron chi connectivity index (χ4n) is 2.76. The van der Waals surface area contributed by atoms with Crippen LogP contribution in [0.5, 0.6) is 5.75 Å². The van der Waals surface area contributed by atoms with Gasteiger partial charge in [-0.1, -0.05) is 39.7 Å². The van der Waals surface area contributed by atoms with Gasteiger partial charge in [-0.05, 0) is 54.7 Å². The zero-order valence-corrected chi connectivity index (χ0v) is 14.1. The summed E-state index contributed by atoms with van der Waals surface area (Å²) in [4.78, 5) is 0. The number of hydrogen-bond acceptors (Lipinski definition) is 2. The van der Waals surface area contributed by atoms with Crippen LogP contribution in [0.25, 0.3) is 0 Å². The molecule has 0 heterocycles. The molecule has 2 aromatic carbocycles. The summed E-state index contributed by atoms with van der Waals surface area (Å²) in [5.41, 5.74) is 2.42. The standard InChI is InChI=1S/C17H17BrClNO/c1-21-17-7-4-13(18)10-16(17)20-15-8-12(9-15)11-2-5-14(19)6-3-11/h2-7,10,12,15,20H,8-9H2,1H3. The van der Waals surface area contributed by atoms with Crippen molar-refractivity contribution in [3.63, 3.8) is 0 Å². The van der Waals surface area contributed by atoms with Gasteiger partial charge < -0.3 is 10.1 Å². The molecule has 0 bridgehead atoms. The van der Waals surface area contributed by atoms with Gasteiger partial charge in [0.2, 0.25) is 0 Å². The number of ether oxygens (including phenoxy) is 1. The molecule has 3 rings (SSSR count). The monoisotopic (exact) mass is 365 g/mol. The highest BCUT2D eigenvalue weighted by Gasteiger charge is 2.30. The van der Waals surface area contributed by atoms with Gasteiger partial charge in [-0.15, -0.1) is 0 Å². The molecular formula is C17H17BrClNO. The third kappa shape index (κ3) is 3.35. The minimum atomic E-state index is 0.494. The van der Waals surface area contributed by atoms with Crippen LogP contribution in [0.2, 0.25) is 5.02 Å². The average Bonchev–Trinajstić information content (AvgIpc) is 2.44. The Bertz CT molecular complexity index is 623. The Morgan fingerprint density at radius 1 is 1.14 bits per heavy atom. The van der Waals surface area contributed by atoms with Crippen molar-refractivity contribution >= 4 is 33.2 Å². The molecule has 0 spiro atoms. The number of nitrogens with one attached hydrogen (secondary N) is 1. The first-order valence-corrected chi connectivity index (χ1v) is 8.18. The average molecular weight is 367 g/mol. The van der Waals surface area contributed by atoms with E-state index in [9.17, 15) is 0 Å². The Labute approximate surface area is 138 Å². The zero-order chi connectivity index (χ0) is 14.8. The highest BCUT2D eigenvalue weighted by molar-refractivity contribution is 9.10. The number of benzene rings is 2. The van der Waals surface area contributed by atoms with E-state index in [1.807, 2.05) is 24.3 Å². The van der Waals surface area contributed by atoms with Gasteiger partial charge in [0.1, 0.15) is 5.75 Å². The van der Waals surface area contributed by atoms with E-state index in [0.717, 1.165) is 33.8 Å². The van der Waals surface area contributed by atoms with Crippen molar-refractivity contribution in [3.8, 4) is 5.75 Å². The number of methoxy groups -OCH3 is 1. The normalized spacial score (nSPS) is 20.7. The SMILES string of the molecule is COc1ccc(Br)cc1NC1CC(c2ccc(Cl)cc2)C1. The molecule has 1 aliphatic rings. The van der Waals surface area contributed by atoms with Gasteiger partial charge in [-0.25, -0.2) is 0 Å². The molecule has 2 aromatic rings. The topological polar surface area (TPSA) is 21.3 Å². The van der Waals surface area contributed by atoms with Crippen LogP contribution in [-0.2, 0) is 0 Å². The lowest BCUT2D eigenvalue weighted by Crippen LogP contribution is -2.34. The van der Waals surface area contributed by atoms with Crippen molar-refractivity contribution in [2.75, 3.05) is 12.4 Å². The molecule has 4 heteroatoms. The minimum absolute atomic E-state index is 0.494. The third-order valence-electron chi connectivity index (χ3n) is 4.00. The number of rotatable bonds is 4. The molecular weight excluding hydrogens is 350 g/mol. The van der Waals surface area contributed by atoms with Crippen LogP contribution in [0.3, 0.4) is 0 Å². The van der Waals surface area contributed by atoms with Crippen LogP contribution in [0.4, 0.5) is 5.69 Å². The predicted molar refractivity (Wildman–Crippen MR) is 91.5 cm³/mol. The molecule has 1 fully saturated rings. The van der Waals surface area contributed by atoms with Crippen molar-refractivity contribution < 1.29 is 4.74 Å². The fourth-order valence-corrected chi connectivity index (χ4v) is 3.24. The van der Waals surface area contributed by atoms with Gasteiger partial charge in [0.15, 0.2) is 0 Å². The van der Waals surface area contributed by atoms with Gasteiger partial charge in [0, 0.05) is 15.5 Å². The first kappa shape index (κ1) is 14.7. The van der Waals surface area contributed by atoms with Crippen LogP contribution in [0.1, 0.15) is 24.3 Å². The Morgan fingerprint density at radius 2 is 1.86 bits per heavy atom. The molecule has 0 aromatic heterocycles. The number of anilines is 1. The molecule has 0 amide bonds. The Kier molecular flexibility index (Phi) is 4.41. The van der Waals surface area contributed by atoms with Gasteiger partial charge in [-0.2, -0.15) is 0 Å². The Balaban J connectivity index is 1.62. The van der Waals surface area contributed by atoms with Gasteiger partial charge in [-0.3, -0.25) is 0 Å². The van der Waals surface area contributed by atoms with Crippen LogP contribution in [0, 0.1) is 0 Å². The molecule has 110 valence electrons. The van der Waals surface area contributed by atoms with E-state index in [0.29, 0.717) is 12.0 Å². The maximum atomic E-state index is 5.93. The van der Waals surface area contributed by atoms with E-state index in [2.05, 4.69) is 39.4 Å². The molecule has 0 aliphatic heterocycles. The third-order valence-corrected chi connectivity index (χ3v) is 4.75. The molecule has 2 nitrogen and oxygen atoms in total. The van der Waals surface area contributed by atoms with E-state index in [1.165, 1.54) is 5.56 Å². The van der Waals surface area contributed by atoms with Crippen LogP contribution in [0.15, 0.2) is 46.9 Å². The lowest BCUT2D eigenvalue weighted by molar-refractivity contribution is 0.370. The molecule has 0 radical (unpaired) electrons. The van der Waals surface area contributed by atoms with E-state index in [-0.39, 0.29) is 0 Å². The molecule has 1 N–H and O–H groups in total. The van der Waals surface area contributed by atoms with Gasteiger partial charge >= 0.3 is 0 Å². The van der Waals surface area contributed by atoms with E-state index >= 15 is 0 Å². The predicted octanol–water partition coefficient (Wildman–Crippen LogP) is 5.47. The summed E-state index contributed by atoms with van der Waals surface area (Å²) in [5, 5.41) is 4.37. The molecule has 0 saturated heterocycles. The second kappa shape index (κ2) is 6.29. The molecule has 0 unspecified atom stereocenters. The van der Waals surface area contributed by atoms with Gasteiger partial charge in [0.05, 0.1) is 12.8 Å². The largest absolute Gasteiger partial charge is 0.495 e. The van der Waals surface area contributed by atoms with Crippen molar-refractivity contribution in [3.05, 3.63) is 57.5 Å². The minimum Gasteiger partial charge on any atom is -0.495 e. The van der Waals surface area contributed by atoms with Crippen molar-refractivity contribution in [1.29, 1.82) is 0 Å². The molecule has 21 heavy (non-hydrogen) atoms. The van der Waals surface area contributed by atoms with Crippen LogP contribution in [-0.4, -0.2) is 13.2 Å². The first-order chi connectivity index (χ1) is 10.2. The smallest absolute Gasteiger partial charge is 0.142 e. The second-order valence-electron chi connectivity index (χ2n) is 5.41. The van der Waals surface area contributed by atoms with Gasteiger partial charge in [0.25, 0.3) is 0 Å². The summed E-state index contributed by atoms with van der Waals surface area (Å²) in [6, 6.07) is 14.7. The Hall–Kier alpha value is -1.19. The fraction of sp³-hybridized carbons (Fsp3) is 0.294. The number of hydrogen-bond donors (Lipinski definition) is 1. The van der Waals surface area contributed by atoms with Crippen molar-refractivity contribution in [2.24, 2.45) is 0 Å². The summed E-state index contributed by atoms with van der Waals surface area (Å²) < 4.78 is 6.45. The van der Waals surface area contributed by atoms with Crippen molar-refractivity contribution in [2.45, 2.75) is 24.8 Å². The lowest BCUT2D eigenvalue weighted by atomic mass is 9.76. The molecule has 0 atom stereocenters. The summed E-state index contributed by atoms with van der Waals surface area (Å²) in [6.07, 6.45) is 2.27. The maximum Gasteiger partial charge on any atom is 0.142 e. The summed E-state index contributed by atoms with van der Waals surface area (Å²) in [6.45, 7) is 0. The lowest BCUT2D eigenvalue weighted by Gasteiger charge is -2.37. The Morgan fingerprint density at radius 3 is 2.52 bits per heavy atom. The summed E-state index contributed by atoms with van der Waals surface area (Å²) in [7, 11) is 1.70. The second-order valence-corrected chi connectivity index (χ2v) is 6.76. The molecule has 1 saturated carbocycles. The van der Waals surface area contributed by atoms with E-state index in [4.69, 9.17) is 16.3 Å². The van der Waals surface area contributed by atoms with E-state index < -0.39 is 0 Å². The highest BCUT2D eigenvalue weighted by Crippen LogP contribution is 2.40. The first-order valence-electron chi connectivity index (χ1n) is 7.01. The van der Waals surface area contributed by atoms with Crippen molar-refractivity contribution in [1.82, 2.24) is 0 Å². The quantitative estimate of drug-likeness (QED) is 0.774. The maximum absolute atomic E-state index is 5.93. The zero-order valence-electron chi connectivity index (χ0n) is 11.8. The van der Waals surface area contributed by atoms with Crippen LogP contribution < -0.4 is 10.1 Å². The van der Waals surface area contributed by atoms with E-state index in [1.54, 1.807) is 7.11 Å². The summed E-state index contributed by atoms with van der Waals surface area (Å²) >= 11 is 9.43. The number of halogens is 2. The highest BCUT2D eigenvalue weighted by atomic mass is 79.9. The van der Waals surface area contributed by atoms with Crippen LogP contribution >= 0.6 is 27.5 Å².